The van der Waals surface area contributed by atoms with E-state index < -0.39 is 0 Å². The molecular formula is C37H39ClN4O3. The van der Waals surface area contributed by atoms with Crippen LogP contribution in [0.3, 0.4) is 0 Å². The van der Waals surface area contributed by atoms with Gasteiger partial charge < -0.3 is 18.8 Å². The number of carbonyl (C=O) groups excluding carboxylic acids is 2. The molecule has 0 aliphatic carbocycles. The number of amides is 1. The first-order chi connectivity index (χ1) is 21.9. The van der Waals surface area contributed by atoms with Crippen molar-refractivity contribution in [2.75, 3.05) is 33.2 Å². The minimum absolute atomic E-state index is 0.00941. The molecule has 2 aromatic heterocycles. The summed E-state index contributed by atoms with van der Waals surface area (Å²) in [7, 11) is 1.87. The minimum Gasteiger partial charge on any atom is -0.464 e. The normalized spacial score (nSPS) is 14.9. The molecule has 1 fully saturated rings. The number of likely N-dealkylation sites (N-methyl/N-ethyl adjacent to an activating group) is 1. The molecule has 1 unspecified atom stereocenters. The SMILES string of the molecule is Cc1ccc(Cn2c(C(=O)C3CCN(CCC(CN(C)C(=O)c4ccccc4)c4cccc(Cl)c4)CC3)nc3ccccc32)o1. The number of Topliss-reactive ketones (excluding diaryl/α,β-unsaturated/α-hetero) is 1. The molecule has 0 radical (unpaired) electrons. The maximum absolute atomic E-state index is 13.9. The molecule has 232 valence electrons. The van der Waals surface area contributed by atoms with Crippen molar-refractivity contribution in [3.63, 3.8) is 0 Å². The highest BCUT2D eigenvalue weighted by Gasteiger charge is 2.30. The van der Waals surface area contributed by atoms with Gasteiger partial charge in [0.15, 0.2) is 5.82 Å². The summed E-state index contributed by atoms with van der Waals surface area (Å²) in [6.45, 7) is 5.55. The van der Waals surface area contributed by atoms with Crippen LogP contribution in [-0.4, -0.2) is 64.3 Å². The van der Waals surface area contributed by atoms with Gasteiger partial charge >= 0.3 is 0 Å². The Morgan fingerprint density at radius 2 is 1.73 bits per heavy atom. The quantitative estimate of drug-likeness (QED) is 0.143. The number of imidazole rings is 1. The molecule has 1 aliphatic heterocycles. The zero-order valence-electron chi connectivity index (χ0n) is 25.9. The van der Waals surface area contributed by atoms with Gasteiger partial charge in [-0.2, -0.15) is 0 Å². The summed E-state index contributed by atoms with van der Waals surface area (Å²) >= 11 is 6.38. The van der Waals surface area contributed by atoms with Gasteiger partial charge in [-0.05, 0) is 99.9 Å². The summed E-state index contributed by atoms with van der Waals surface area (Å²) in [4.78, 5) is 36.1. The van der Waals surface area contributed by atoms with Crippen LogP contribution in [0.15, 0.2) is 95.4 Å². The Balaban J connectivity index is 1.11. The standard InChI is InChI=1S/C37H39ClN4O3/c1-26-15-16-32(45-26)25-42-34-14-7-6-13-33(34)39-36(42)35(43)27-17-20-41(21-18-27)22-19-30(29-11-8-12-31(38)23-29)24-40(2)37(44)28-9-4-3-5-10-28/h3-16,23,27,30H,17-22,24-25H2,1-2H3. The molecule has 3 heterocycles. The van der Waals surface area contributed by atoms with E-state index in [1.807, 2.05) is 108 Å². The van der Waals surface area contributed by atoms with E-state index in [0.717, 1.165) is 67.0 Å². The lowest BCUT2D eigenvalue weighted by atomic mass is 9.90. The van der Waals surface area contributed by atoms with Gasteiger partial charge in [-0.15, -0.1) is 0 Å². The van der Waals surface area contributed by atoms with E-state index in [0.29, 0.717) is 29.5 Å². The second-order valence-electron chi connectivity index (χ2n) is 12.1. The summed E-state index contributed by atoms with van der Waals surface area (Å²) in [5.41, 5.74) is 3.58. The lowest BCUT2D eigenvalue weighted by Gasteiger charge is -2.33. The van der Waals surface area contributed by atoms with Gasteiger partial charge in [-0.3, -0.25) is 9.59 Å². The highest BCUT2D eigenvalue weighted by atomic mass is 35.5. The van der Waals surface area contributed by atoms with Gasteiger partial charge in [0, 0.05) is 36.0 Å². The molecule has 8 heteroatoms. The zero-order chi connectivity index (χ0) is 31.3. The van der Waals surface area contributed by atoms with Crippen LogP contribution in [0.5, 0.6) is 0 Å². The van der Waals surface area contributed by atoms with Crippen LogP contribution in [-0.2, 0) is 6.54 Å². The fourth-order valence-electron chi connectivity index (χ4n) is 6.43. The first kappa shape index (κ1) is 30.8. The molecule has 3 aromatic carbocycles. The number of nitrogens with zero attached hydrogens (tertiary/aromatic N) is 4. The van der Waals surface area contributed by atoms with Gasteiger partial charge in [-0.25, -0.2) is 4.98 Å². The summed E-state index contributed by atoms with van der Waals surface area (Å²) < 4.78 is 7.85. The van der Waals surface area contributed by atoms with Crippen molar-refractivity contribution >= 4 is 34.3 Å². The van der Waals surface area contributed by atoms with Crippen molar-refractivity contribution in [3.8, 4) is 0 Å². The number of piperidine rings is 1. The monoisotopic (exact) mass is 622 g/mol. The van der Waals surface area contributed by atoms with Gasteiger partial charge in [-0.1, -0.05) is 54.1 Å². The first-order valence-electron chi connectivity index (χ1n) is 15.7. The Bertz CT molecular complexity index is 1770. The van der Waals surface area contributed by atoms with Crippen molar-refractivity contribution in [2.45, 2.75) is 38.6 Å². The van der Waals surface area contributed by atoms with Crippen LogP contribution in [0.4, 0.5) is 0 Å². The number of rotatable bonds is 11. The van der Waals surface area contributed by atoms with E-state index in [1.165, 1.54) is 0 Å². The van der Waals surface area contributed by atoms with Crippen LogP contribution in [0.1, 0.15) is 63.2 Å². The number of para-hydroxylation sites is 2. The van der Waals surface area contributed by atoms with E-state index in [1.54, 1.807) is 0 Å². The minimum atomic E-state index is -0.0755. The lowest BCUT2D eigenvalue weighted by Crippen LogP contribution is -2.38. The molecule has 0 bridgehead atoms. The Kier molecular flexibility index (Phi) is 9.47. The van der Waals surface area contributed by atoms with Crippen LogP contribution in [0.2, 0.25) is 5.02 Å². The Hall–Kier alpha value is -4.20. The lowest BCUT2D eigenvalue weighted by molar-refractivity contribution is 0.0779. The summed E-state index contributed by atoms with van der Waals surface area (Å²) in [6.07, 6.45) is 2.45. The fourth-order valence-corrected chi connectivity index (χ4v) is 6.63. The molecule has 1 aliphatic rings. The topological polar surface area (TPSA) is 71.6 Å². The van der Waals surface area contributed by atoms with Crippen LogP contribution in [0, 0.1) is 12.8 Å². The summed E-state index contributed by atoms with van der Waals surface area (Å²) in [5.74, 6) is 2.34. The number of furan rings is 1. The second-order valence-corrected chi connectivity index (χ2v) is 12.5. The van der Waals surface area contributed by atoms with E-state index >= 15 is 0 Å². The van der Waals surface area contributed by atoms with E-state index in [4.69, 9.17) is 21.0 Å². The molecule has 45 heavy (non-hydrogen) atoms. The van der Waals surface area contributed by atoms with Crippen molar-refractivity contribution < 1.29 is 14.0 Å². The predicted octanol–water partition coefficient (Wildman–Crippen LogP) is 7.48. The van der Waals surface area contributed by atoms with E-state index in [2.05, 4.69) is 11.0 Å². The predicted molar refractivity (Wildman–Crippen MR) is 178 cm³/mol. The molecule has 6 rings (SSSR count). The molecule has 0 spiro atoms. The molecule has 1 atom stereocenters. The summed E-state index contributed by atoms with van der Waals surface area (Å²) in [5, 5.41) is 0.696. The Labute approximate surface area is 269 Å². The number of aromatic nitrogens is 2. The van der Waals surface area contributed by atoms with Crippen LogP contribution >= 0.6 is 11.6 Å². The maximum atomic E-state index is 13.9. The molecule has 0 N–H and O–H groups in total. The number of likely N-dealkylation sites (tertiary alicyclic amines) is 1. The third kappa shape index (κ3) is 7.21. The van der Waals surface area contributed by atoms with Gasteiger partial charge in [0.1, 0.15) is 11.5 Å². The number of carbonyl (C=O) groups is 2. The highest BCUT2D eigenvalue weighted by molar-refractivity contribution is 6.30. The number of hydrogen-bond acceptors (Lipinski definition) is 5. The largest absolute Gasteiger partial charge is 0.464 e. The van der Waals surface area contributed by atoms with E-state index in [9.17, 15) is 9.59 Å². The molecule has 5 aromatic rings. The first-order valence-corrected chi connectivity index (χ1v) is 16.1. The van der Waals surface area contributed by atoms with Gasteiger partial charge in [0.05, 0.1) is 17.6 Å². The number of ketones is 1. The number of aryl methyl sites for hydroxylation is 1. The van der Waals surface area contributed by atoms with Crippen molar-refractivity contribution in [1.82, 2.24) is 19.4 Å². The van der Waals surface area contributed by atoms with Gasteiger partial charge in [0.2, 0.25) is 5.78 Å². The molecular weight excluding hydrogens is 584 g/mol. The third-order valence-electron chi connectivity index (χ3n) is 8.92. The third-order valence-corrected chi connectivity index (χ3v) is 9.15. The average molecular weight is 623 g/mol. The molecule has 7 nitrogen and oxygen atoms in total. The average Bonchev–Trinajstić information content (AvgIpc) is 3.65. The molecule has 1 saturated heterocycles. The number of benzene rings is 3. The molecule has 1 amide bonds. The van der Waals surface area contributed by atoms with Crippen LogP contribution in [0.25, 0.3) is 11.0 Å². The van der Waals surface area contributed by atoms with Crippen molar-refractivity contribution in [1.29, 1.82) is 0 Å². The number of hydrogen-bond donors (Lipinski definition) is 0. The Morgan fingerprint density at radius 1 is 0.978 bits per heavy atom. The summed E-state index contributed by atoms with van der Waals surface area (Å²) in [6, 6.07) is 29.2. The highest BCUT2D eigenvalue weighted by Crippen LogP contribution is 2.28. The second kappa shape index (κ2) is 13.8. The molecule has 0 saturated carbocycles. The smallest absolute Gasteiger partial charge is 0.253 e. The van der Waals surface area contributed by atoms with E-state index in [-0.39, 0.29) is 23.5 Å². The van der Waals surface area contributed by atoms with Crippen molar-refractivity contribution in [3.05, 3.63) is 124 Å². The van der Waals surface area contributed by atoms with Gasteiger partial charge in [0.25, 0.3) is 5.91 Å². The van der Waals surface area contributed by atoms with Crippen LogP contribution < -0.4 is 0 Å². The maximum Gasteiger partial charge on any atom is 0.253 e. The fraction of sp³-hybridized carbons (Fsp3) is 0.324. The Morgan fingerprint density at radius 3 is 2.47 bits per heavy atom. The number of halogens is 1. The van der Waals surface area contributed by atoms with Crippen molar-refractivity contribution in [2.24, 2.45) is 5.92 Å². The zero-order valence-corrected chi connectivity index (χ0v) is 26.6. The number of fused-ring (bicyclic) bond motifs is 1.